The first-order chi connectivity index (χ1) is 15.9. The van der Waals surface area contributed by atoms with E-state index in [0.717, 1.165) is 43.9 Å². The number of aromatic hydroxyl groups is 1. The van der Waals surface area contributed by atoms with E-state index in [4.69, 9.17) is 0 Å². The minimum Gasteiger partial charge on any atom is -0.507 e. The molecule has 1 fully saturated rings. The number of carbonyl (C=O) groups excluding carboxylic acids is 2. The lowest BCUT2D eigenvalue weighted by atomic mass is 10.0. The van der Waals surface area contributed by atoms with E-state index >= 15 is 0 Å². The van der Waals surface area contributed by atoms with Gasteiger partial charge in [-0.1, -0.05) is 6.07 Å². The molecule has 3 aromatic rings. The number of nitrogens with one attached hydrogen (secondary N) is 2. The van der Waals surface area contributed by atoms with Gasteiger partial charge in [0.05, 0.1) is 5.56 Å². The van der Waals surface area contributed by atoms with Crippen LogP contribution < -0.4 is 15.5 Å². The standard InChI is InChI=1S/C24H22F2N4O3/c25-16-11-15(12-17(26)13-16)23(32)29-19-4-5-20(21(31)14-19)24(33)28-18-6-9-30(10-7-18)22-3-1-2-8-27-22/h1-5,8,11-14,18,31H,6-7,9-10H2,(H,28,33)(H,29,32). The molecule has 7 nitrogen and oxygen atoms in total. The van der Waals surface area contributed by atoms with Gasteiger partial charge in [0.25, 0.3) is 11.8 Å². The van der Waals surface area contributed by atoms with Gasteiger partial charge in [-0.05, 0) is 49.2 Å². The summed E-state index contributed by atoms with van der Waals surface area (Å²) in [5.74, 6) is -2.33. The fourth-order valence-electron chi connectivity index (χ4n) is 3.75. The maximum absolute atomic E-state index is 13.3. The van der Waals surface area contributed by atoms with Crippen molar-refractivity contribution in [1.29, 1.82) is 0 Å². The first kappa shape index (κ1) is 22.2. The Bertz CT molecular complexity index is 1150. The second-order valence-electron chi connectivity index (χ2n) is 7.77. The zero-order valence-corrected chi connectivity index (χ0v) is 17.6. The molecule has 3 N–H and O–H groups in total. The van der Waals surface area contributed by atoms with E-state index in [-0.39, 0.29) is 28.6 Å². The Labute approximate surface area is 189 Å². The highest BCUT2D eigenvalue weighted by Gasteiger charge is 2.23. The van der Waals surface area contributed by atoms with Crippen LogP contribution in [-0.4, -0.2) is 41.0 Å². The summed E-state index contributed by atoms with van der Waals surface area (Å²) in [7, 11) is 0. The minimum atomic E-state index is -0.874. The summed E-state index contributed by atoms with van der Waals surface area (Å²) in [6.07, 6.45) is 3.22. The van der Waals surface area contributed by atoms with Gasteiger partial charge in [0.2, 0.25) is 0 Å². The van der Waals surface area contributed by atoms with Crippen molar-refractivity contribution in [2.75, 3.05) is 23.3 Å². The van der Waals surface area contributed by atoms with Crippen LogP contribution in [0.2, 0.25) is 0 Å². The Morgan fingerprint density at radius 2 is 1.70 bits per heavy atom. The lowest BCUT2D eigenvalue weighted by molar-refractivity contribution is 0.0928. The van der Waals surface area contributed by atoms with Gasteiger partial charge < -0.3 is 20.6 Å². The lowest BCUT2D eigenvalue weighted by Crippen LogP contribution is -2.45. The normalized spacial score (nSPS) is 14.1. The van der Waals surface area contributed by atoms with Gasteiger partial charge in [0.1, 0.15) is 23.2 Å². The summed E-state index contributed by atoms with van der Waals surface area (Å²) in [5, 5.41) is 15.7. The zero-order valence-electron chi connectivity index (χ0n) is 17.6. The number of anilines is 2. The number of halogens is 2. The molecule has 0 spiro atoms. The van der Waals surface area contributed by atoms with Gasteiger partial charge in [-0.15, -0.1) is 0 Å². The number of phenolic OH excluding ortho intramolecular Hbond substituents is 1. The van der Waals surface area contributed by atoms with Gasteiger partial charge >= 0.3 is 0 Å². The first-order valence-electron chi connectivity index (χ1n) is 10.5. The Kier molecular flexibility index (Phi) is 6.48. The monoisotopic (exact) mass is 452 g/mol. The van der Waals surface area contributed by atoms with E-state index in [0.29, 0.717) is 6.07 Å². The number of hydrogen-bond donors (Lipinski definition) is 3. The number of amides is 2. The maximum atomic E-state index is 13.3. The number of aromatic nitrogens is 1. The first-order valence-corrected chi connectivity index (χ1v) is 10.5. The number of hydrogen-bond acceptors (Lipinski definition) is 5. The molecule has 2 aromatic carbocycles. The van der Waals surface area contributed by atoms with Crippen molar-refractivity contribution in [3.05, 3.63) is 83.6 Å². The van der Waals surface area contributed by atoms with Crippen LogP contribution in [0.1, 0.15) is 33.6 Å². The van der Waals surface area contributed by atoms with Crippen molar-refractivity contribution in [1.82, 2.24) is 10.3 Å². The Balaban J connectivity index is 1.35. The number of benzene rings is 2. The predicted molar refractivity (Wildman–Crippen MR) is 119 cm³/mol. The molecule has 1 aromatic heterocycles. The van der Waals surface area contributed by atoms with Crippen LogP contribution in [0.5, 0.6) is 5.75 Å². The molecule has 1 aliphatic rings. The number of rotatable bonds is 5. The van der Waals surface area contributed by atoms with Crippen molar-refractivity contribution < 1.29 is 23.5 Å². The van der Waals surface area contributed by atoms with E-state index in [2.05, 4.69) is 20.5 Å². The summed E-state index contributed by atoms with van der Waals surface area (Å²) >= 11 is 0. The van der Waals surface area contributed by atoms with E-state index < -0.39 is 23.4 Å². The summed E-state index contributed by atoms with van der Waals surface area (Å²) < 4.78 is 26.6. The zero-order chi connectivity index (χ0) is 23.4. The van der Waals surface area contributed by atoms with Crippen molar-refractivity contribution in [2.45, 2.75) is 18.9 Å². The average Bonchev–Trinajstić information content (AvgIpc) is 2.79. The topological polar surface area (TPSA) is 94.6 Å². The van der Waals surface area contributed by atoms with Gasteiger partial charge in [-0.25, -0.2) is 13.8 Å². The molecular formula is C24H22F2N4O3. The fourth-order valence-corrected chi connectivity index (χ4v) is 3.75. The van der Waals surface area contributed by atoms with Crippen LogP contribution in [0, 0.1) is 11.6 Å². The number of nitrogens with zero attached hydrogens (tertiary/aromatic N) is 2. The quantitative estimate of drug-likeness (QED) is 0.549. The van der Waals surface area contributed by atoms with Gasteiger partial charge in [-0.3, -0.25) is 9.59 Å². The molecule has 9 heteroatoms. The molecule has 2 amide bonds. The number of phenols is 1. The van der Waals surface area contributed by atoms with Crippen LogP contribution in [0.3, 0.4) is 0 Å². The number of piperidine rings is 1. The second kappa shape index (κ2) is 9.64. The molecule has 2 heterocycles. The van der Waals surface area contributed by atoms with Crippen LogP contribution in [0.4, 0.5) is 20.3 Å². The third-order valence-corrected chi connectivity index (χ3v) is 5.43. The maximum Gasteiger partial charge on any atom is 0.255 e. The summed E-state index contributed by atoms with van der Waals surface area (Å²) in [5.41, 5.74) is 0.0465. The van der Waals surface area contributed by atoms with Gasteiger partial charge in [-0.2, -0.15) is 0 Å². The Hall–Kier alpha value is -4.01. The summed E-state index contributed by atoms with van der Waals surface area (Å²) in [6, 6.07) is 12.2. The molecule has 0 bridgehead atoms. The van der Waals surface area contributed by atoms with Gasteiger partial charge in [0, 0.05) is 48.7 Å². The highest BCUT2D eigenvalue weighted by molar-refractivity contribution is 6.05. The molecule has 0 saturated carbocycles. The van der Waals surface area contributed by atoms with Crippen molar-refractivity contribution in [3.8, 4) is 5.75 Å². The van der Waals surface area contributed by atoms with E-state index in [9.17, 15) is 23.5 Å². The van der Waals surface area contributed by atoms with E-state index in [1.54, 1.807) is 6.20 Å². The molecule has 33 heavy (non-hydrogen) atoms. The fraction of sp³-hybridized carbons (Fsp3) is 0.208. The molecule has 0 atom stereocenters. The predicted octanol–water partition coefficient (Wildman–Crippen LogP) is 3.72. The third kappa shape index (κ3) is 5.43. The molecule has 0 aliphatic carbocycles. The minimum absolute atomic E-state index is 0.0425. The molecule has 0 radical (unpaired) electrons. The van der Waals surface area contributed by atoms with E-state index in [1.165, 1.54) is 18.2 Å². The smallest absolute Gasteiger partial charge is 0.255 e. The highest BCUT2D eigenvalue weighted by atomic mass is 19.1. The van der Waals surface area contributed by atoms with E-state index in [1.807, 2.05) is 18.2 Å². The highest BCUT2D eigenvalue weighted by Crippen LogP contribution is 2.24. The van der Waals surface area contributed by atoms with Crippen molar-refractivity contribution in [3.63, 3.8) is 0 Å². The summed E-state index contributed by atoms with van der Waals surface area (Å²) in [6.45, 7) is 1.50. The third-order valence-electron chi connectivity index (χ3n) is 5.43. The Morgan fingerprint density at radius 3 is 2.33 bits per heavy atom. The van der Waals surface area contributed by atoms with Crippen LogP contribution in [0.15, 0.2) is 60.8 Å². The summed E-state index contributed by atoms with van der Waals surface area (Å²) in [4.78, 5) is 31.4. The number of pyridine rings is 1. The molecule has 1 saturated heterocycles. The lowest BCUT2D eigenvalue weighted by Gasteiger charge is -2.33. The van der Waals surface area contributed by atoms with Crippen molar-refractivity contribution >= 4 is 23.3 Å². The van der Waals surface area contributed by atoms with Crippen LogP contribution in [-0.2, 0) is 0 Å². The molecule has 170 valence electrons. The van der Waals surface area contributed by atoms with Crippen molar-refractivity contribution in [2.24, 2.45) is 0 Å². The number of carbonyl (C=O) groups is 2. The largest absolute Gasteiger partial charge is 0.507 e. The molecule has 1 aliphatic heterocycles. The SMILES string of the molecule is O=C(Nc1ccc(C(=O)NC2CCN(c3ccccn3)CC2)c(O)c1)c1cc(F)cc(F)c1. The van der Waals surface area contributed by atoms with Gasteiger partial charge in [0.15, 0.2) is 0 Å². The second-order valence-corrected chi connectivity index (χ2v) is 7.77. The average molecular weight is 452 g/mol. The molecule has 0 unspecified atom stereocenters. The molecular weight excluding hydrogens is 430 g/mol. The van der Waals surface area contributed by atoms with Crippen LogP contribution in [0.25, 0.3) is 0 Å². The Morgan fingerprint density at radius 1 is 0.970 bits per heavy atom. The van der Waals surface area contributed by atoms with Crippen LogP contribution >= 0.6 is 0 Å². The molecule has 4 rings (SSSR count).